The van der Waals surface area contributed by atoms with Gasteiger partial charge in [0, 0.05) is 30.7 Å². The molecule has 164 valence electrons. The van der Waals surface area contributed by atoms with Crippen molar-refractivity contribution in [1.29, 1.82) is 0 Å². The average molecular weight is 431 g/mol. The Labute approximate surface area is 186 Å². The molecule has 7 nitrogen and oxygen atoms in total. The molecule has 0 aliphatic carbocycles. The van der Waals surface area contributed by atoms with Crippen LogP contribution in [-0.2, 0) is 27.5 Å². The first kappa shape index (κ1) is 20.6. The predicted octanol–water partition coefficient (Wildman–Crippen LogP) is 2.01. The van der Waals surface area contributed by atoms with Gasteiger partial charge in [0.2, 0.25) is 11.8 Å². The molecule has 2 saturated heterocycles. The summed E-state index contributed by atoms with van der Waals surface area (Å²) < 4.78 is 5.72. The molecule has 7 heteroatoms. The van der Waals surface area contributed by atoms with Gasteiger partial charge in [-0.1, -0.05) is 48.5 Å². The highest BCUT2D eigenvalue weighted by atomic mass is 16.5. The molecule has 0 saturated carbocycles. The number of pyridine rings is 1. The lowest BCUT2D eigenvalue weighted by Crippen LogP contribution is -2.62. The fourth-order valence-corrected chi connectivity index (χ4v) is 4.56. The standard InChI is InChI=1S/C25H26N4O3/c30-24-23-12-19(27-13-18-8-4-10-21-20(18)9-5-11-26-21)14-29(23)25(31)22(28-24)16-32-15-17-6-2-1-3-7-17/h1-11,19,22-23,27H,12-16H2,(H,28,30)/t19-,22-,23-/m0/s1. The number of nitrogens with one attached hydrogen (secondary N) is 2. The van der Waals surface area contributed by atoms with E-state index in [9.17, 15) is 9.59 Å². The van der Waals surface area contributed by atoms with Crippen LogP contribution in [0.5, 0.6) is 0 Å². The Bertz CT molecular complexity index is 1120. The van der Waals surface area contributed by atoms with Gasteiger partial charge in [-0.2, -0.15) is 0 Å². The van der Waals surface area contributed by atoms with Crippen molar-refractivity contribution in [2.24, 2.45) is 0 Å². The van der Waals surface area contributed by atoms with E-state index >= 15 is 0 Å². The minimum atomic E-state index is -0.634. The van der Waals surface area contributed by atoms with Crippen LogP contribution >= 0.6 is 0 Å². The van der Waals surface area contributed by atoms with Crippen molar-refractivity contribution in [3.63, 3.8) is 0 Å². The number of aromatic nitrogens is 1. The van der Waals surface area contributed by atoms with Crippen LogP contribution in [0, 0.1) is 0 Å². The second-order valence-electron chi connectivity index (χ2n) is 8.37. The van der Waals surface area contributed by atoms with Crippen LogP contribution in [0.3, 0.4) is 0 Å². The van der Waals surface area contributed by atoms with E-state index in [2.05, 4.69) is 27.8 Å². The summed E-state index contributed by atoms with van der Waals surface area (Å²) in [6.07, 6.45) is 2.40. The van der Waals surface area contributed by atoms with Crippen LogP contribution in [0.1, 0.15) is 17.5 Å². The highest BCUT2D eigenvalue weighted by Gasteiger charge is 2.46. The molecule has 2 amide bonds. The largest absolute Gasteiger partial charge is 0.374 e. The van der Waals surface area contributed by atoms with Crippen LogP contribution in [0.15, 0.2) is 66.9 Å². The van der Waals surface area contributed by atoms with Gasteiger partial charge in [-0.25, -0.2) is 0 Å². The molecule has 2 aliphatic heterocycles. The molecule has 0 spiro atoms. The maximum absolute atomic E-state index is 13.0. The van der Waals surface area contributed by atoms with Gasteiger partial charge in [0.25, 0.3) is 0 Å². The Kier molecular flexibility index (Phi) is 5.83. The van der Waals surface area contributed by atoms with Gasteiger partial charge >= 0.3 is 0 Å². The Morgan fingerprint density at radius 1 is 1.06 bits per heavy atom. The van der Waals surface area contributed by atoms with Crippen molar-refractivity contribution in [1.82, 2.24) is 20.5 Å². The molecule has 3 heterocycles. The molecule has 2 aromatic carbocycles. The summed E-state index contributed by atoms with van der Waals surface area (Å²) in [7, 11) is 0. The zero-order valence-corrected chi connectivity index (χ0v) is 17.7. The summed E-state index contributed by atoms with van der Waals surface area (Å²) in [5.41, 5.74) is 3.15. The van der Waals surface area contributed by atoms with E-state index in [1.807, 2.05) is 48.5 Å². The monoisotopic (exact) mass is 430 g/mol. The second-order valence-corrected chi connectivity index (χ2v) is 8.37. The third-order valence-corrected chi connectivity index (χ3v) is 6.21. The van der Waals surface area contributed by atoms with Gasteiger partial charge in [-0.15, -0.1) is 0 Å². The van der Waals surface area contributed by atoms with Crippen molar-refractivity contribution in [3.8, 4) is 0 Å². The highest BCUT2D eigenvalue weighted by Crippen LogP contribution is 2.24. The number of benzene rings is 2. The van der Waals surface area contributed by atoms with Gasteiger partial charge in [0.15, 0.2) is 0 Å². The number of carbonyl (C=O) groups is 2. The Hall–Kier alpha value is -3.29. The number of hydrogen-bond acceptors (Lipinski definition) is 5. The number of carbonyl (C=O) groups excluding carboxylic acids is 2. The molecule has 32 heavy (non-hydrogen) atoms. The molecule has 2 N–H and O–H groups in total. The molecule has 0 bridgehead atoms. The molecule has 1 aromatic heterocycles. The van der Waals surface area contributed by atoms with E-state index in [1.54, 1.807) is 11.1 Å². The number of rotatable bonds is 7. The normalized spacial score (nSPS) is 22.8. The number of piperazine rings is 1. The maximum Gasteiger partial charge on any atom is 0.248 e. The van der Waals surface area contributed by atoms with Crippen molar-refractivity contribution in [2.75, 3.05) is 13.2 Å². The quantitative estimate of drug-likeness (QED) is 0.599. The minimum Gasteiger partial charge on any atom is -0.374 e. The van der Waals surface area contributed by atoms with Crippen LogP contribution in [0.25, 0.3) is 10.9 Å². The SMILES string of the molecule is O=C1N[C@@H](COCc2ccccc2)C(=O)N2C[C@@H](NCc3cccc4ncccc34)C[C@@H]12. The van der Waals surface area contributed by atoms with Crippen LogP contribution in [0.4, 0.5) is 0 Å². The molecule has 3 atom stereocenters. The van der Waals surface area contributed by atoms with E-state index < -0.39 is 12.1 Å². The first-order valence-electron chi connectivity index (χ1n) is 11.0. The molecular formula is C25H26N4O3. The number of amides is 2. The summed E-state index contributed by atoms with van der Waals surface area (Å²) in [4.78, 5) is 31.8. The molecular weight excluding hydrogens is 404 g/mol. The molecule has 0 radical (unpaired) electrons. The van der Waals surface area contributed by atoms with E-state index in [1.165, 1.54) is 0 Å². The van der Waals surface area contributed by atoms with E-state index in [4.69, 9.17) is 4.74 Å². The van der Waals surface area contributed by atoms with E-state index in [-0.39, 0.29) is 24.5 Å². The number of ether oxygens (including phenoxy) is 1. The first-order chi connectivity index (χ1) is 15.7. The maximum atomic E-state index is 13.0. The Balaban J connectivity index is 1.18. The predicted molar refractivity (Wildman–Crippen MR) is 121 cm³/mol. The molecule has 3 aromatic rings. The van der Waals surface area contributed by atoms with E-state index in [0.717, 1.165) is 22.0 Å². The van der Waals surface area contributed by atoms with Crippen LogP contribution in [0.2, 0.25) is 0 Å². The summed E-state index contributed by atoms with van der Waals surface area (Å²) in [5.74, 6) is -0.169. The van der Waals surface area contributed by atoms with Crippen LogP contribution in [-0.4, -0.2) is 53.0 Å². The van der Waals surface area contributed by atoms with Crippen molar-refractivity contribution < 1.29 is 14.3 Å². The first-order valence-corrected chi connectivity index (χ1v) is 11.0. The third-order valence-electron chi connectivity index (χ3n) is 6.21. The Morgan fingerprint density at radius 3 is 2.81 bits per heavy atom. The average Bonchev–Trinajstić information content (AvgIpc) is 3.27. The lowest BCUT2D eigenvalue weighted by atomic mass is 10.1. The van der Waals surface area contributed by atoms with Crippen molar-refractivity contribution in [3.05, 3.63) is 78.0 Å². The number of fused-ring (bicyclic) bond motifs is 2. The van der Waals surface area contributed by atoms with Gasteiger partial charge in [-0.3, -0.25) is 14.6 Å². The second kappa shape index (κ2) is 9.06. The lowest BCUT2D eigenvalue weighted by Gasteiger charge is -2.34. The van der Waals surface area contributed by atoms with Gasteiger partial charge in [0.05, 0.1) is 18.7 Å². The summed E-state index contributed by atoms with van der Waals surface area (Å²) in [6.45, 7) is 1.76. The highest BCUT2D eigenvalue weighted by molar-refractivity contribution is 5.97. The molecule has 0 unspecified atom stereocenters. The third kappa shape index (κ3) is 4.22. The van der Waals surface area contributed by atoms with Gasteiger partial charge < -0.3 is 20.3 Å². The Morgan fingerprint density at radius 2 is 1.94 bits per heavy atom. The fourth-order valence-electron chi connectivity index (χ4n) is 4.56. The molecule has 5 rings (SSSR count). The van der Waals surface area contributed by atoms with Crippen molar-refractivity contribution in [2.45, 2.75) is 37.7 Å². The van der Waals surface area contributed by atoms with E-state index in [0.29, 0.717) is 26.1 Å². The smallest absolute Gasteiger partial charge is 0.248 e. The zero-order valence-electron chi connectivity index (χ0n) is 17.7. The van der Waals surface area contributed by atoms with Crippen LogP contribution < -0.4 is 10.6 Å². The number of hydrogen-bond donors (Lipinski definition) is 2. The van der Waals surface area contributed by atoms with Gasteiger partial charge in [0.1, 0.15) is 12.1 Å². The lowest BCUT2D eigenvalue weighted by molar-refractivity contribution is -0.148. The zero-order chi connectivity index (χ0) is 21.9. The molecule has 2 aliphatic rings. The number of nitrogens with zero attached hydrogens (tertiary/aromatic N) is 2. The summed E-state index contributed by atoms with van der Waals surface area (Å²) in [6, 6.07) is 18.9. The molecule has 2 fully saturated rings. The summed E-state index contributed by atoms with van der Waals surface area (Å²) >= 11 is 0. The summed E-state index contributed by atoms with van der Waals surface area (Å²) in [5, 5.41) is 7.50. The van der Waals surface area contributed by atoms with Crippen molar-refractivity contribution >= 4 is 22.7 Å². The van der Waals surface area contributed by atoms with Gasteiger partial charge in [-0.05, 0) is 29.7 Å². The topological polar surface area (TPSA) is 83.6 Å². The fraction of sp³-hybridized carbons (Fsp3) is 0.320. The minimum absolute atomic E-state index is 0.0608.